The number of hydrogen-bond acceptors (Lipinski definition) is 0. The molecule has 0 atom stereocenters. The Morgan fingerprint density at radius 1 is 1.11 bits per heavy atom. The van der Waals surface area contributed by atoms with Crippen LogP contribution in [0.15, 0.2) is 0 Å². The Labute approximate surface area is 49.7 Å². The van der Waals surface area contributed by atoms with Gasteiger partial charge in [0, 0.05) is 0 Å². The van der Waals surface area contributed by atoms with E-state index in [1.807, 2.05) is 0 Å². The highest BCUT2D eigenvalue weighted by Crippen LogP contribution is 2.18. The van der Waals surface area contributed by atoms with Crippen LogP contribution in [0, 0.1) is 0 Å². The van der Waals surface area contributed by atoms with Gasteiger partial charge in [-0.25, -0.2) is 0 Å². The molecule has 0 aliphatic rings. The molecule has 0 bridgehead atoms. The lowest BCUT2D eigenvalue weighted by Crippen LogP contribution is -2.07. The number of rotatable bonds is 1. The van der Waals surface area contributed by atoms with E-state index in [9.17, 15) is 22.0 Å². The van der Waals surface area contributed by atoms with Crippen LogP contribution in [0.25, 0.3) is 0 Å². The van der Waals surface area contributed by atoms with Crippen molar-refractivity contribution >= 4 is 0 Å². The topological polar surface area (TPSA) is 0 Å². The molecule has 0 aromatic carbocycles. The molecule has 0 aromatic heterocycles. The number of alkyl halides is 5. The minimum atomic E-state index is -4.32. The first-order valence-corrected chi connectivity index (χ1v) is 2.07. The summed E-state index contributed by atoms with van der Waals surface area (Å²) in [5, 5.41) is 0. The van der Waals surface area contributed by atoms with Gasteiger partial charge in [0.2, 0.25) is 0 Å². The predicted molar refractivity (Wildman–Crippen MR) is 23.7 cm³/mol. The minimum absolute atomic E-state index is 0.500. The zero-order chi connectivity index (χ0) is 7.91. The van der Waals surface area contributed by atoms with Gasteiger partial charge in [0.25, 0.3) is 0 Å². The molecule has 0 aliphatic heterocycles. The predicted octanol–water partition coefficient (Wildman–Crippen LogP) is 2.49. The van der Waals surface area contributed by atoms with Gasteiger partial charge in [0.05, 0.1) is 20.3 Å². The summed E-state index contributed by atoms with van der Waals surface area (Å²) in [6.45, 7) is -1.32. The Hall–Kier alpha value is -0.350. The van der Waals surface area contributed by atoms with Crippen LogP contribution in [0.3, 0.4) is 0 Å². The highest BCUT2D eigenvalue weighted by atomic mass is 19.4. The number of halogens is 5. The van der Waals surface area contributed by atoms with Gasteiger partial charge in [-0.15, -0.1) is 0 Å². The summed E-state index contributed by atoms with van der Waals surface area (Å²) in [7, 11) is 0.500. The van der Waals surface area contributed by atoms with E-state index in [1.165, 1.54) is 0 Å². The summed E-state index contributed by atoms with van der Waals surface area (Å²) in [4.78, 5) is 0. The van der Waals surface area contributed by atoms with E-state index in [0.717, 1.165) is 0 Å². The van der Waals surface area contributed by atoms with E-state index in [2.05, 4.69) is 0 Å². The lowest BCUT2D eigenvalue weighted by molar-refractivity contribution is -0.136. The maximum absolute atomic E-state index is 10.8. The van der Waals surface area contributed by atoms with Crippen molar-refractivity contribution < 1.29 is 22.0 Å². The first-order valence-electron chi connectivity index (χ1n) is 2.07. The summed E-state index contributed by atoms with van der Waals surface area (Å²) >= 11 is 0. The maximum Gasteiger partial charge on any atom is 0.391 e. The molecule has 0 spiro atoms. The van der Waals surface area contributed by atoms with E-state index in [1.54, 1.807) is 0 Å². The van der Waals surface area contributed by atoms with Crippen molar-refractivity contribution in [3.05, 3.63) is 0 Å². The zero-order valence-electron chi connectivity index (χ0n) is 4.80. The number of hydrogen-bond donors (Lipinski definition) is 0. The molecule has 0 unspecified atom stereocenters. The fourth-order valence-electron chi connectivity index (χ4n) is 0.107. The third-order valence-electron chi connectivity index (χ3n) is 0.378. The van der Waals surface area contributed by atoms with Gasteiger partial charge >= 0.3 is 6.18 Å². The Morgan fingerprint density at radius 3 is 1.44 bits per heavy atom. The molecular formula is C4H7F5. The fourth-order valence-corrected chi connectivity index (χ4v) is 0.107. The molecule has 0 N–H and O–H groups in total. The third kappa shape index (κ3) is 18.3. The van der Waals surface area contributed by atoms with Crippen molar-refractivity contribution in [2.45, 2.75) is 12.6 Å². The lowest BCUT2D eigenvalue weighted by Gasteiger charge is -1.98. The summed E-state index contributed by atoms with van der Waals surface area (Å²) in [5.41, 5.74) is 0. The summed E-state index contributed by atoms with van der Waals surface area (Å²) in [5.74, 6) is 0. The fraction of sp³-hybridized carbons (Fsp3) is 1.00. The maximum atomic E-state index is 10.8. The van der Waals surface area contributed by atoms with Gasteiger partial charge in [0.1, 0.15) is 0 Å². The van der Waals surface area contributed by atoms with E-state index in [0.29, 0.717) is 7.18 Å². The molecule has 0 radical (unpaired) electrons. The van der Waals surface area contributed by atoms with Gasteiger partial charge in [-0.05, 0) is 0 Å². The summed E-state index contributed by atoms with van der Waals surface area (Å²) in [6.07, 6.45) is -5.65. The van der Waals surface area contributed by atoms with Crippen LogP contribution in [-0.4, -0.2) is 20.0 Å². The summed E-state index contributed by atoms with van der Waals surface area (Å²) < 4.78 is 52.7. The van der Waals surface area contributed by atoms with E-state index < -0.39 is 19.3 Å². The van der Waals surface area contributed by atoms with Crippen LogP contribution in [0.4, 0.5) is 22.0 Å². The Bertz CT molecular complexity index is 47.4. The van der Waals surface area contributed by atoms with Gasteiger partial charge < -0.3 is 0 Å². The molecule has 0 aliphatic carbocycles. The molecule has 0 saturated carbocycles. The molecule has 0 heterocycles. The lowest BCUT2D eigenvalue weighted by atomic mass is 10.5. The van der Waals surface area contributed by atoms with E-state index >= 15 is 0 Å². The van der Waals surface area contributed by atoms with Crippen LogP contribution >= 0.6 is 0 Å². The minimum Gasteiger partial charge on any atom is -0.255 e. The first kappa shape index (κ1) is 11.4. The quantitative estimate of drug-likeness (QED) is 0.504. The van der Waals surface area contributed by atoms with Crippen molar-refractivity contribution in [1.82, 2.24) is 0 Å². The van der Waals surface area contributed by atoms with Gasteiger partial charge in [0.15, 0.2) is 0 Å². The molecule has 0 aromatic rings. The first-order chi connectivity index (χ1) is 4.06. The Morgan fingerprint density at radius 2 is 1.44 bits per heavy atom. The molecule has 0 fully saturated rings. The van der Waals surface area contributed by atoms with E-state index in [4.69, 9.17) is 0 Å². The molecule has 0 rings (SSSR count). The van der Waals surface area contributed by atoms with Crippen LogP contribution < -0.4 is 0 Å². The molecule has 5 heteroatoms. The summed E-state index contributed by atoms with van der Waals surface area (Å²) in [6, 6.07) is 0. The van der Waals surface area contributed by atoms with Crippen LogP contribution in [0.1, 0.15) is 6.42 Å². The Kier molecular flexibility index (Phi) is 7.35. The van der Waals surface area contributed by atoms with Crippen LogP contribution in [-0.2, 0) is 0 Å². The molecule has 0 amide bonds. The molecular weight excluding hydrogens is 143 g/mol. The van der Waals surface area contributed by atoms with Crippen LogP contribution in [0.2, 0.25) is 0 Å². The molecule has 58 valence electrons. The molecule has 9 heavy (non-hydrogen) atoms. The standard InChI is InChI=1S/C3H4F4.CH3F/c4-2-1-3(5,6)7;1-2/h1-2H2;1H3. The average Bonchev–Trinajstić information content (AvgIpc) is 1.69. The Balaban J connectivity index is 0. The SMILES string of the molecule is CF.FCCC(F)(F)F. The van der Waals surface area contributed by atoms with Crippen molar-refractivity contribution in [3.63, 3.8) is 0 Å². The largest absolute Gasteiger partial charge is 0.391 e. The van der Waals surface area contributed by atoms with Crippen molar-refractivity contribution in [2.75, 3.05) is 13.9 Å². The molecule has 0 nitrogen and oxygen atoms in total. The second-order valence-corrected chi connectivity index (χ2v) is 1.05. The monoisotopic (exact) mass is 150 g/mol. The highest BCUT2D eigenvalue weighted by molar-refractivity contribution is 4.45. The normalized spacial score (nSPS) is 10.0. The van der Waals surface area contributed by atoms with Crippen molar-refractivity contribution in [3.8, 4) is 0 Å². The molecule has 0 saturated heterocycles. The van der Waals surface area contributed by atoms with Crippen molar-refractivity contribution in [1.29, 1.82) is 0 Å². The highest BCUT2D eigenvalue weighted by Gasteiger charge is 2.25. The van der Waals surface area contributed by atoms with Gasteiger partial charge in [-0.3, -0.25) is 8.78 Å². The van der Waals surface area contributed by atoms with Crippen LogP contribution in [0.5, 0.6) is 0 Å². The third-order valence-corrected chi connectivity index (χ3v) is 0.378. The van der Waals surface area contributed by atoms with E-state index in [-0.39, 0.29) is 0 Å². The smallest absolute Gasteiger partial charge is 0.255 e. The van der Waals surface area contributed by atoms with Crippen molar-refractivity contribution in [2.24, 2.45) is 0 Å². The van der Waals surface area contributed by atoms with Gasteiger partial charge in [-0.2, -0.15) is 13.2 Å². The zero-order valence-corrected chi connectivity index (χ0v) is 4.80. The second kappa shape index (κ2) is 5.78. The van der Waals surface area contributed by atoms with Gasteiger partial charge in [-0.1, -0.05) is 0 Å². The average molecular weight is 150 g/mol. The second-order valence-electron chi connectivity index (χ2n) is 1.05.